The number of urea groups is 1. The summed E-state index contributed by atoms with van der Waals surface area (Å²) in [6.07, 6.45) is 6.91. The van der Waals surface area contributed by atoms with Crippen LogP contribution in [0, 0.1) is 11.8 Å². The van der Waals surface area contributed by atoms with Crippen molar-refractivity contribution in [3.8, 4) is 0 Å². The molecule has 0 unspecified atom stereocenters. The standard InChI is InChI=1S/C18H29N3O3/c1-3-10-20(11-14-7-8-14)15(22)12-21-16(23)18(19-17(21)24)9-5-4-6-13(18)2/h13-14H,3-12H2,1-2H3,(H,19,24)/t13-,18+/m0/s1. The van der Waals surface area contributed by atoms with Gasteiger partial charge in [0.05, 0.1) is 0 Å². The molecule has 1 spiro atoms. The first-order valence-electron chi connectivity index (χ1n) is 9.40. The van der Waals surface area contributed by atoms with Crippen LogP contribution in [0.25, 0.3) is 0 Å². The zero-order valence-electron chi connectivity index (χ0n) is 14.8. The predicted octanol–water partition coefficient (Wildman–Crippen LogP) is 2.14. The van der Waals surface area contributed by atoms with E-state index in [0.29, 0.717) is 18.9 Å². The summed E-state index contributed by atoms with van der Waals surface area (Å²) in [6.45, 7) is 5.41. The molecule has 0 aromatic rings. The molecule has 3 aliphatic rings. The second-order valence-corrected chi connectivity index (χ2v) is 7.72. The van der Waals surface area contributed by atoms with Crippen molar-refractivity contribution in [1.29, 1.82) is 0 Å². The maximum absolute atomic E-state index is 12.9. The largest absolute Gasteiger partial charge is 0.341 e. The highest BCUT2D eigenvalue weighted by Gasteiger charge is 2.55. The monoisotopic (exact) mass is 335 g/mol. The predicted molar refractivity (Wildman–Crippen MR) is 90.2 cm³/mol. The van der Waals surface area contributed by atoms with Crippen molar-refractivity contribution in [1.82, 2.24) is 15.1 Å². The van der Waals surface area contributed by atoms with E-state index in [1.165, 1.54) is 12.8 Å². The van der Waals surface area contributed by atoms with Gasteiger partial charge in [-0.3, -0.25) is 14.5 Å². The van der Waals surface area contributed by atoms with E-state index in [2.05, 4.69) is 5.32 Å². The van der Waals surface area contributed by atoms with Gasteiger partial charge in [-0.1, -0.05) is 26.7 Å². The fraction of sp³-hybridized carbons (Fsp3) is 0.833. The number of imide groups is 1. The van der Waals surface area contributed by atoms with E-state index >= 15 is 0 Å². The van der Waals surface area contributed by atoms with Crippen molar-refractivity contribution in [2.45, 2.75) is 64.3 Å². The minimum absolute atomic E-state index is 0.104. The highest BCUT2D eigenvalue weighted by Crippen LogP contribution is 2.38. The van der Waals surface area contributed by atoms with Crippen LogP contribution in [-0.2, 0) is 9.59 Å². The van der Waals surface area contributed by atoms with Crippen LogP contribution in [0.3, 0.4) is 0 Å². The molecule has 1 heterocycles. The number of carbonyl (C=O) groups is 3. The summed E-state index contributed by atoms with van der Waals surface area (Å²) in [5.74, 6) is 0.429. The highest BCUT2D eigenvalue weighted by atomic mass is 16.2. The number of nitrogens with zero attached hydrogens (tertiary/aromatic N) is 2. The topological polar surface area (TPSA) is 69.7 Å². The third-order valence-corrected chi connectivity index (χ3v) is 5.82. The van der Waals surface area contributed by atoms with Gasteiger partial charge in [0.15, 0.2) is 0 Å². The first kappa shape index (κ1) is 17.2. The van der Waals surface area contributed by atoms with E-state index < -0.39 is 11.6 Å². The summed E-state index contributed by atoms with van der Waals surface area (Å²) in [4.78, 5) is 40.9. The van der Waals surface area contributed by atoms with Crippen LogP contribution in [0.1, 0.15) is 58.8 Å². The molecule has 0 aromatic heterocycles. The van der Waals surface area contributed by atoms with Gasteiger partial charge < -0.3 is 10.2 Å². The summed E-state index contributed by atoms with van der Waals surface area (Å²) in [6, 6.07) is -0.398. The third-order valence-electron chi connectivity index (χ3n) is 5.82. The first-order valence-corrected chi connectivity index (χ1v) is 9.40. The van der Waals surface area contributed by atoms with Crippen molar-refractivity contribution in [3.05, 3.63) is 0 Å². The lowest BCUT2D eigenvalue weighted by Crippen LogP contribution is -2.54. The Morgan fingerprint density at radius 1 is 1.29 bits per heavy atom. The number of amides is 4. The maximum Gasteiger partial charge on any atom is 0.325 e. The molecular weight excluding hydrogens is 306 g/mol. The summed E-state index contributed by atoms with van der Waals surface area (Å²) in [5.41, 5.74) is -0.776. The average Bonchev–Trinajstić information content (AvgIpc) is 3.33. The number of hydrogen-bond acceptors (Lipinski definition) is 3. The van der Waals surface area contributed by atoms with Crippen LogP contribution in [0.2, 0.25) is 0 Å². The highest BCUT2D eigenvalue weighted by molar-refractivity contribution is 6.09. The van der Waals surface area contributed by atoms with Crippen LogP contribution in [0.15, 0.2) is 0 Å². The van der Waals surface area contributed by atoms with Crippen molar-refractivity contribution in [3.63, 3.8) is 0 Å². The Morgan fingerprint density at radius 2 is 2.04 bits per heavy atom. The van der Waals surface area contributed by atoms with E-state index in [4.69, 9.17) is 0 Å². The Balaban J connectivity index is 1.68. The molecule has 3 fully saturated rings. The van der Waals surface area contributed by atoms with Crippen LogP contribution in [0.5, 0.6) is 0 Å². The van der Waals surface area contributed by atoms with Crippen LogP contribution >= 0.6 is 0 Å². The number of rotatable bonds is 6. The minimum atomic E-state index is -0.776. The van der Waals surface area contributed by atoms with Gasteiger partial charge in [0, 0.05) is 13.1 Å². The molecule has 1 N–H and O–H groups in total. The summed E-state index contributed by atoms with van der Waals surface area (Å²) in [5, 5.41) is 2.91. The molecule has 24 heavy (non-hydrogen) atoms. The molecule has 0 bridgehead atoms. The lowest BCUT2D eigenvalue weighted by Gasteiger charge is -2.36. The average molecular weight is 335 g/mol. The minimum Gasteiger partial charge on any atom is -0.341 e. The molecular formula is C18H29N3O3. The summed E-state index contributed by atoms with van der Waals surface area (Å²) in [7, 11) is 0. The van der Waals surface area contributed by atoms with Crippen molar-refractivity contribution in [2.24, 2.45) is 11.8 Å². The summed E-state index contributed by atoms with van der Waals surface area (Å²) < 4.78 is 0. The Hall–Kier alpha value is -1.59. The third kappa shape index (κ3) is 3.15. The van der Waals surface area contributed by atoms with Crippen LogP contribution in [-0.4, -0.2) is 52.8 Å². The molecule has 2 aliphatic carbocycles. The van der Waals surface area contributed by atoms with Crippen LogP contribution < -0.4 is 5.32 Å². The fourth-order valence-electron chi connectivity index (χ4n) is 4.07. The zero-order chi connectivity index (χ0) is 17.3. The quantitative estimate of drug-likeness (QED) is 0.756. The van der Waals surface area contributed by atoms with E-state index in [1.54, 1.807) is 0 Å². The van der Waals surface area contributed by atoms with Crippen molar-refractivity contribution >= 4 is 17.8 Å². The van der Waals surface area contributed by atoms with Gasteiger partial charge in [-0.2, -0.15) is 0 Å². The van der Waals surface area contributed by atoms with Gasteiger partial charge in [-0.05, 0) is 43.9 Å². The van der Waals surface area contributed by atoms with E-state index in [1.807, 2.05) is 18.7 Å². The van der Waals surface area contributed by atoms with E-state index in [0.717, 1.165) is 37.1 Å². The molecule has 1 saturated heterocycles. The molecule has 0 radical (unpaired) electrons. The molecule has 4 amide bonds. The molecule has 3 rings (SSSR count). The van der Waals surface area contributed by atoms with Gasteiger partial charge in [-0.15, -0.1) is 0 Å². The Kier molecular flexibility index (Phi) is 4.83. The van der Waals surface area contributed by atoms with E-state index in [-0.39, 0.29) is 24.3 Å². The normalized spacial score (nSPS) is 29.9. The number of hydrogen-bond donors (Lipinski definition) is 1. The lowest BCUT2D eigenvalue weighted by molar-refractivity contribution is -0.140. The van der Waals surface area contributed by atoms with Gasteiger partial charge in [-0.25, -0.2) is 4.79 Å². The number of nitrogens with one attached hydrogen (secondary N) is 1. The van der Waals surface area contributed by atoms with Gasteiger partial charge in [0.1, 0.15) is 12.1 Å². The number of carbonyl (C=O) groups excluding carboxylic acids is 3. The molecule has 1 aliphatic heterocycles. The van der Waals surface area contributed by atoms with Gasteiger partial charge in [0.25, 0.3) is 5.91 Å². The molecule has 2 saturated carbocycles. The molecule has 6 heteroatoms. The first-order chi connectivity index (χ1) is 11.5. The smallest absolute Gasteiger partial charge is 0.325 e. The second-order valence-electron chi connectivity index (χ2n) is 7.72. The Morgan fingerprint density at radius 3 is 2.67 bits per heavy atom. The molecule has 134 valence electrons. The molecule has 2 atom stereocenters. The van der Waals surface area contributed by atoms with Gasteiger partial charge in [0.2, 0.25) is 5.91 Å². The summed E-state index contributed by atoms with van der Waals surface area (Å²) >= 11 is 0. The van der Waals surface area contributed by atoms with Gasteiger partial charge >= 0.3 is 6.03 Å². The van der Waals surface area contributed by atoms with Crippen molar-refractivity contribution < 1.29 is 14.4 Å². The second kappa shape index (κ2) is 6.73. The lowest BCUT2D eigenvalue weighted by atomic mass is 9.73. The Bertz CT molecular complexity index is 532. The van der Waals surface area contributed by atoms with Crippen molar-refractivity contribution in [2.75, 3.05) is 19.6 Å². The molecule has 0 aromatic carbocycles. The van der Waals surface area contributed by atoms with Crippen LogP contribution in [0.4, 0.5) is 4.79 Å². The zero-order valence-corrected chi connectivity index (χ0v) is 14.8. The SMILES string of the molecule is CCCN(CC1CC1)C(=O)CN1C(=O)N[C@@]2(CCCC[C@@H]2C)C1=O. The maximum atomic E-state index is 12.9. The molecule has 6 nitrogen and oxygen atoms in total. The Labute approximate surface area is 143 Å². The van der Waals surface area contributed by atoms with E-state index in [9.17, 15) is 14.4 Å². The fourth-order valence-corrected chi connectivity index (χ4v) is 4.07.